The average molecular weight is 390 g/mol. The topological polar surface area (TPSA) is 53.1 Å². The molecule has 156 valence electrons. The molecular formula is C22H35N3O3. The van der Waals surface area contributed by atoms with Crippen LogP contribution in [0.5, 0.6) is 0 Å². The van der Waals surface area contributed by atoms with E-state index in [1.54, 1.807) is 4.90 Å². The van der Waals surface area contributed by atoms with Crippen LogP contribution in [0, 0.1) is 0 Å². The summed E-state index contributed by atoms with van der Waals surface area (Å²) in [4.78, 5) is 31.1. The van der Waals surface area contributed by atoms with E-state index in [1.807, 2.05) is 56.0 Å². The van der Waals surface area contributed by atoms with Crippen molar-refractivity contribution in [2.45, 2.75) is 59.1 Å². The Balaban J connectivity index is 1.95. The summed E-state index contributed by atoms with van der Waals surface area (Å²) in [5.41, 5.74) is 0.455. The van der Waals surface area contributed by atoms with Gasteiger partial charge in [-0.05, 0) is 46.2 Å². The summed E-state index contributed by atoms with van der Waals surface area (Å²) in [6.45, 7) is 12.7. The molecule has 0 bridgehead atoms. The number of nitrogens with zero attached hydrogens (tertiary/aromatic N) is 3. The Morgan fingerprint density at radius 1 is 1.11 bits per heavy atom. The molecule has 0 radical (unpaired) electrons. The minimum Gasteiger partial charge on any atom is -0.444 e. The van der Waals surface area contributed by atoms with Crippen LogP contribution >= 0.6 is 0 Å². The van der Waals surface area contributed by atoms with Crippen molar-refractivity contribution in [1.82, 2.24) is 9.80 Å². The van der Waals surface area contributed by atoms with E-state index in [0.29, 0.717) is 32.7 Å². The molecule has 1 heterocycles. The molecule has 2 amide bonds. The lowest BCUT2D eigenvalue weighted by Gasteiger charge is -2.37. The molecule has 0 aliphatic carbocycles. The highest BCUT2D eigenvalue weighted by atomic mass is 16.6. The van der Waals surface area contributed by atoms with E-state index in [-0.39, 0.29) is 18.0 Å². The Morgan fingerprint density at radius 2 is 1.71 bits per heavy atom. The molecule has 0 aromatic heterocycles. The van der Waals surface area contributed by atoms with Crippen LogP contribution in [0.2, 0.25) is 0 Å². The lowest BCUT2D eigenvalue weighted by atomic mass is 10.1. The first-order chi connectivity index (χ1) is 13.2. The largest absolute Gasteiger partial charge is 0.444 e. The minimum atomic E-state index is -0.490. The zero-order valence-corrected chi connectivity index (χ0v) is 18.0. The van der Waals surface area contributed by atoms with Crippen LogP contribution in [0.15, 0.2) is 30.3 Å². The van der Waals surface area contributed by atoms with Gasteiger partial charge in [0.1, 0.15) is 5.60 Å². The number of amides is 2. The van der Waals surface area contributed by atoms with Gasteiger partial charge in [0.15, 0.2) is 0 Å². The van der Waals surface area contributed by atoms with Crippen LogP contribution in [0.3, 0.4) is 0 Å². The maximum Gasteiger partial charge on any atom is 0.410 e. The monoisotopic (exact) mass is 389 g/mol. The quantitative estimate of drug-likeness (QED) is 0.743. The molecule has 0 saturated carbocycles. The number of benzene rings is 1. The van der Waals surface area contributed by atoms with E-state index >= 15 is 0 Å². The second-order valence-corrected chi connectivity index (χ2v) is 8.48. The summed E-state index contributed by atoms with van der Waals surface area (Å²) < 4.78 is 5.44. The van der Waals surface area contributed by atoms with E-state index in [4.69, 9.17) is 4.74 Å². The zero-order valence-electron chi connectivity index (χ0n) is 18.0. The summed E-state index contributed by atoms with van der Waals surface area (Å²) in [7, 11) is 0. The molecule has 1 atom stereocenters. The maximum atomic E-state index is 13.1. The fourth-order valence-electron chi connectivity index (χ4n) is 3.46. The molecule has 6 nitrogen and oxygen atoms in total. The predicted molar refractivity (Wildman–Crippen MR) is 113 cm³/mol. The molecule has 0 spiro atoms. The Morgan fingerprint density at radius 3 is 2.25 bits per heavy atom. The number of carbonyl (C=O) groups is 2. The van der Waals surface area contributed by atoms with Gasteiger partial charge in [0.25, 0.3) is 0 Å². The number of hydrogen-bond acceptors (Lipinski definition) is 4. The molecular weight excluding hydrogens is 354 g/mol. The SMILES string of the molecule is CCCC(C)N(C(=O)CN1CCN(C(=O)OC(C)(C)C)CC1)c1ccccc1. The molecule has 6 heteroatoms. The van der Waals surface area contributed by atoms with Crippen LogP contribution in [-0.4, -0.2) is 66.2 Å². The average Bonchev–Trinajstić information content (AvgIpc) is 2.62. The highest BCUT2D eigenvalue weighted by Gasteiger charge is 2.28. The van der Waals surface area contributed by atoms with E-state index in [0.717, 1.165) is 18.5 Å². The number of carbonyl (C=O) groups excluding carboxylic acids is 2. The number of para-hydroxylation sites is 1. The predicted octanol–water partition coefficient (Wildman–Crippen LogP) is 3.76. The van der Waals surface area contributed by atoms with Crippen molar-refractivity contribution in [3.05, 3.63) is 30.3 Å². The van der Waals surface area contributed by atoms with Crippen molar-refractivity contribution in [2.75, 3.05) is 37.6 Å². The first kappa shape index (κ1) is 22.2. The Labute approximate surface area is 169 Å². The minimum absolute atomic E-state index is 0.109. The van der Waals surface area contributed by atoms with Crippen molar-refractivity contribution >= 4 is 17.7 Å². The zero-order chi connectivity index (χ0) is 20.7. The van der Waals surface area contributed by atoms with Crippen LogP contribution in [0.1, 0.15) is 47.5 Å². The van der Waals surface area contributed by atoms with Crippen molar-refractivity contribution in [3.8, 4) is 0 Å². The summed E-state index contributed by atoms with van der Waals surface area (Å²) in [5.74, 6) is 0.109. The Hall–Kier alpha value is -2.08. The Bertz CT molecular complexity index is 634. The molecule has 1 aromatic carbocycles. The fraction of sp³-hybridized carbons (Fsp3) is 0.636. The van der Waals surface area contributed by atoms with Gasteiger partial charge in [-0.2, -0.15) is 0 Å². The summed E-state index contributed by atoms with van der Waals surface area (Å²) in [6, 6.07) is 10.0. The van der Waals surface area contributed by atoms with E-state index in [2.05, 4.69) is 18.7 Å². The molecule has 1 aliphatic heterocycles. The third kappa shape index (κ3) is 6.51. The first-order valence-corrected chi connectivity index (χ1v) is 10.3. The molecule has 1 saturated heterocycles. The molecule has 1 aliphatic rings. The number of hydrogen-bond donors (Lipinski definition) is 0. The van der Waals surface area contributed by atoms with Gasteiger partial charge >= 0.3 is 6.09 Å². The van der Waals surface area contributed by atoms with Crippen molar-refractivity contribution in [3.63, 3.8) is 0 Å². The lowest BCUT2D eigenvalue weighted by Crippen LogP contribution is -2.53. The number of rotatable bonds is 6. The fourth-order valence-corrected chi connectivity index (χ4v) is 3.46. The second-order valence-electron chi connectivity index (χ2n) is 8.48. The molecule has 28 heavy (non-hydrogen) atoms. The van der Waals surface area contributed by atoms with E-state index < -0.39 is 5.60 Å². The summed E-state index contributed by atoms with van der Waals surface area (Å²) >= 11 is 0. The van der Waals surface area contributed by atoms with E-state index in [9.17, 15) is 9.59 Å². The van der Waals surface area contributed by atoms with Crippen LogP contribution in [0.25, 0.3) is 0 Å². The highest BCUT2D eigenvalue weighted by Crippen LogP contribution is 2.20. The molecule has 1 fully saturated rings. The van der Waals surface area contributed by atoms with Crippen molar-refractivity contribution in [1.29, 1.82) is 0 Å². The van der Waals surface area contributed by atoms with Crippen molar-refractivity contribution in [2.24, 2.45) is 0 Å². The normalized spacial score (nSPS) is 16.5. The maximum absolute atomic E-state index is 13.1. The number of anilines is 1. The third-order valence-corrected chi connectivity index (χ3v) is 4.83. The molecule has 1 unspecified atom stereocenters. The third-order valence-electron chi connectivity index (χ3n) is 4.83. The van der Waals surface area contributed by atoms with Crippen molar-refractivity contribution < 1.29 is 14.3 Å². The van der Waals surface area contributed by atoms with Gasteiger partial charge in [0, 0.05) is 37.9 Å². The molecule has 0 N–H and O–H groups in total. The van der Waals surface area contributed by atoms with Gasteiger partial charge in [0.2, 0.25) is 5.91 Å². The highest BCUT2D eigenvalue weighted by molar-refractivity contribution is 5.95. The van der Waals surface area contributed by atoms with E-state index in [1.165, 1.54) is 0 Å². The van der Waals surface area contributed by atoms with Crippen LogP contribution in [0.4, 0.5) is 10.5 Å². The van der Waals surface area contributed by atoms with Gasteiger partial charge in [-0.25, -0.2) is 4.79 Å². The Kier molecular flexibility index (Phi) is 7.87. The van der Waals surface area contributed by atoms with Gasteiger partial charge in [-0.15, -0.1) is 0 Å². The summed E-state index contributed by atoms with van der Waals surface area (Å²) in [5, 5.41) is 0. The standard InChI is InChI=1S/C22H35N3O3/c1-6-10-18(2)25(19-11-8-7-9-12-19)20(26)17-23-13-15-24(16-14-23)21(27)28-22(3,4)5/h7-9,11-12,18H,6,10,13-17H2,1-5H3. The summed E-state index contributed by atoms with van der Waals surface area (Å²) in [6.07, 6.45) is 1.72. The smallest absolute Gasteiger partial charge is 0.410 e. The van der Waals surface area contributed by atoms with Gasteiger partial charge in [-0.3, -0.25) is 9.69 Å². The van der Waals surface area contributed by atoms with Crippen LogP contribution < -0.4 is 4.90 Å². The first-order valence-electron chi connectivity index (χ1n) is 10.3. The lowest BCUT2D eigenvalue weighted by molar-refractivity contribution is -0.120. The van der Waals surface area contributed by atoms with Gasteiger partial charge < -0.3 is 14.5 Å². The van der Waals surface area contributed by atoms with Crippen LogP contribution in [-0.2, 0) is 9.53 Å². The molecule has 1 aromatic rings. The number of piperazine rings is 1. The second kappa shape index (κ2) is 9.92. The van der Waals surface area contributed by atoms with Gasteiger partial charge in [-0.1, -0.05) is 31.5 Å². The van der Waals surface area contributed by atoms with Gasteiger partial charge in [0.05, 0.1) is 6.54 Å². The number of ether oxygens (including phenoxy) is 1. The molecule has 2 rings (SSSR count).